The van der Waals surface area contributed by atoms with Crippen molar-refractivity contribution in [2.75, 3.05) is 6.61 Å². The van der Waals surface area contributed by atoms with Gasteiger partial charge in [0, 0.05) is 24.8 Å². The van der Waals surface area contributed by atoms with Crippen LogP contribution >= 0.6 is 0 Å². The monoisotopic (exact) mass is 294 g/mol. The first-order valence-corrected chi connectivity index (χ1v) is 6.92. The first-order valence-electron chi connectivity index (χ1n) is 6.92. The Balaban J connectivity index is 2.97. The van der Waals surface area contributed by atoms with Gasteiger partial charge in [-0.2, -0.15) is 0 Å². The summed E-state index contributed by atoms with van der Waals surface area (Å²) in [7, 11) is 0. The molecule has 21 heavy (non-hydrogen) atoms. The van der Waals surface area contributed by atoms with E-state index in [0.717, 1.165) is 5.56 Å². The Hall–Kier alpha value is -1.95. The molecule has 1 rings (SSSR count). The molecule has 116 valence electrons. The lowest BCUT2D eigenvalue weighted by molar-refractivity contribution is -0.563. The number of hydrogen-bond acceptors (Lipinski definition) is 5. The highest BCUT2D eigenvalue weighted by atomic mass is 16.6. The second kappa shape index (κ2) is 7.17. The molecule has 6 heteroatoms. The van der Waals surface area contributed by atoms with Gasteiger partial charge in [-0.15, -0.1) is 0 Å². The van der Waals surface area contributed by atoms with Crippen molar-refractivity contribution in [3.05, 3.63) is 46.0 Å². The third kappa shape index (κ3) is 4.26. The van der Waals surface area contributed by atoms with Crippen molar-refractivity contribution < 1.29 is 14.5 Å². The Morgan fingerprint density at radius 1 is 1.38 bits per heavy atom. The van der Waals surface area contributed by atoms with Gasteiger partial charge in [0.15, 0.2) is 6.04 Å². The summed E-state index contributed by atoms with van der Waals surface area (Å²) in [5.74, 6) is -0.609. The van der Waals surface area contributed by atoms with Crippen molar-refractivity contribution in [1.82, 2.24) is 5.32 Å². The molecule has 2 atom stereocenters. The van der Waals surface area contributed by atoms with E-state index in [0.29, 0.717) is 0 Å². The number of nitro groups is 1. The van der Waals surface area contributed by atoms with Crippen molar-refractivity contribution >= 4 is 5.97 Å². The van der Waals surface area contributed by atoms with Gasteiger partial charge in [-0.3, -0.25) is 20.2 Å². The second-order valence-corrected chi connectivity index (χ2v) is 5.39. The molecule has 6 nitrogen and oxygen atoms in total. The largest absolute Gasteiger partial charge is 0.465 e. The third-order valence-corrected chi connectivity index (χ3v) is 3.42. The van der Waals surface area contributed by atoms with E-state index in [-0.39, 0.29) is 12.6 Å². The summed E-state index contributed by atoms with van der Waals surface area (Å²) in [6.07, 6.45) is 0. The van der Waals surface area contributed by atoms with Gasteiger partial charge < -0.3 is 4.74 Å². The van der Waals surface area contributed by atoms with Gasteiger partial charge in [0.1, 0.15) is 0 Å². The molecule has 0 aliphatic rings. The molecule has 0 bridgehead atoms. The van der Waals surface area contributed by atoms with Crippen LogP contribution in [0.3, 0.4) is 0 Å². The number of ether oxygens (including phenoxy) is 1. The minimum atomic E-state index is -1.46. The van der Waals surface area contributed by atoms with Gasteiger partial charge in [-0.25, -0.2) is 0 Å². The van der Waals surface area contributed by atoms with Crippen LogP contribution in [0.4, 0.5) is 0 Å². The summed E-state index contributed by atoms with van der Waals surface area (Å²) >= 11 is 0. The number of carbonyl (C=O) groups is 1. The Kier molecular flexibility index (Phi) is 5.84. The molecule has 0 spiro atoms. The minimum absolute atomic E-state index is 0.185. The highest BCUT2D eigenvalue weighted by Crippen LogP contribution is 2.20. The predicted molar refractivity (Wildman–Crippen MR) is 79.5 cm³/mol. The topological polar surface area (TPSA) is 81.5 Å². The normalized spacial score (nSPS) is 14.3. The number of carbonyl (C=O) groups excluding carboxylic acids is 1. The quantitative estimate of drug-likeness (QED) is 0.474. The maximum absolute atomic E-state index is 12.1. The molecule has 0 fully saturated rings. The van der Waals surface area contributed by atoms with E-state index in [9.17, 15) is 14.9 Å². The summed E-state index contributed by atoms with van der Waals surface area (Å²) in [4.78, 5) is 22.9. The zero-order valence-electron chi connectivity index (χ0n) is 12.8. The maximum atomic E-state index is 12.1. The first-order chi connectivity index (χ1) is 9.80. The molecule has 0 amide bonds. The van der Waals surface area contributed by atoms with Gasteiger partial charge in [0.25, 0.3) is 0 Å². The molecule has 0 aliphatic carbocycles. The summed E-state index contributed by atoms with van der Waals surface area (Å²) in [6.45, 7) is 6.55. The van der Waals surface area contributed by atoms with Crippen LogP contribution in [-0.2, 0) is 9.53 Å². The Bertz CT molecular complexity index is 488. The fraction of sp³-hybridized carbons (Fsp3) is 0.533. The number of esters is 1. The van der Waals surface area contributed by atoms with Crippen LogP contribution in [0.15, 0.2) is 30.3 Å². The van der Waals surface area contributed by atoms with E-state index in [1.165, 1.54) is 13.8 Å². The van der Waals surface area contributed by atoms with Crippen molar-refractivity contribution in [2.45, 2.75) is 45.3 Å². The molecule has 0 aliphatic heterocycles. The highest BCUT2D eigenvalue weighted by Gasteiger charge is 2.47. The van der Waals surface area contributed by atoms with Crippen LogP contribution in [0.2, 0.25) is 0 Å². The Morgan fingerprint density at radius 2 is 1.95 bits per heavy atom. The average molecular weight is 294 g/mol. The van der Waals surface area contributed by atoms with E-state index >= 15 is 0 Å². The fourth-order valence-electron chi connectivity index (χ4n) is 1.98. The minimum Gasteiger partial charge on any atom is -0.465 e. The Morgan fingerprint density at radius 3 is 2.43 bits per heavy atom. The van der Waals surface area contributed by atoms with Crippen LogP contribution in [0.1, 0.15) is 39.3 Å². The van der Waals surface area contributed by atoms with E-state index < -0.39 is 22.5 Å². The van der Waals surface area contributed by atoms with E-state index in [4.69, 9.17) is 4.74 Å². The lowest BCUT2D eigenvalue weighted by Gasteiger charge is -2.28. The molecule has 0 saturated heterocycles. The number of hydrogen-bond donors (Lipinski definition) is 1. The van der Waals surface area contributed by atoms with Crippen molar-refractivity contribution in [3.8, 4) is 0 Å². The van der Waals surface area contributed by atoms with Crippen LogP contribution < -0.4 is 5.32 Å². The summed E-state index contributed by atoms with van der Waals surface area (Å²) in [5, 5.41) is 14.3. The maximum Gasteiger partial charge on any atom is 0.330 e. The predicted octanol–water partition coefficient (Wildman–Crippen LogP) is 2.32. The van der Waals surface area contributed by atoms with Crippen LogP contribution in [-0.4, -0.2) is 29.1 Å². The fourth-order valence-corrected chi connectivity index (χ4v) is 1.98. The number of nitrogens with one attached hydrogen (secondary N) is 1. The molecule has 0 unspecified atom stereocenters. The van der Waals surface area contributed by atoms with Crippen LogP contribution in [0.25, 0.3) is 0 Å². The molecule has 1 N–H and O–H groups in total. The highest BCUT2D eigenvalue weighted by molar-refractivity contribution is 5.77. The number of benzene rings is 1. The van der Waals surface area contributed by atoms with Gasteiger partial charge >= 0.3 is 5.97 Å². The van der Waals surface area contributed by atoms with Crippen LogP contribution in [0.5, 0.6) is 0 Å². The lowest BCUT2D eigenvalue weighted by Crippen LogP contribution is -2.57. The van der Waals surface area contributed by atoms with Crippen LogP contribution in [0, 0.1) is 10.1 Å². The molecule has 0 radical (unpaired) electrons. The summed E-state index contributed by atoms with van der Waals surface area (Å²) < 4.78 is 4.97. The molecular formula is C15H22N2O4. The summed E-state index contributed by atoms with van der Waals surface area (Å²) in [5.41, 5.74) is -0.513. The van der Waals surface area contributed by atoms with E-state index in [1.807, 2.05) is 37.3 Å². The van der Waals surface area contributed by atoms with Gasteiger partial charge in [0.05, 0.1) is 6.61 Å². The average Bonchev–Trinajstić information content (AvgIpc) is 2.45. The Labute approximate surface area is 124 Å². The van der Waals surface area contributed by atoms with Crippen molar-refractivity contribution in [3.63, 3.8) is 0 Å². The SMILES string of the molecule is CCOC(=O)[C@H](N[C@H](C)c1ccccc1)C(C)(C)[N+](=O)[O-]. The zero-order valence-corrected chi connectivity index (χ0v) is 12.8. The molecular weight excluding hydrogens is 272 g/mol. The van der Waals surface area contributed by atoms with Crippen molar-refractivity contribution in [2.24, 2.45) is 0 Å². The standard InChI is InChI=1S/C15H22N2O4/c1-5-21-14(18)13(15(3,4)17(19)20)16-11(2)12-9-7-6-8-10-12/h6-11,13,16H,5H2,1-4H3/t11-,13+/m1/s1. The van der Waals surface area contributed by atoms with E-state index in [2.05, 4.69) is 5.32 Å². The van der Waals surface area contributed by atoms with E-state index in [1.54, 1.807) is 6.92 Å². The first kappa shape index (κ1) is 17.1. The lowest BCUT2D eigenvalue weighted by atomic mass is 9.93. The number of rotatable bonds is 7. The van der Waals surface area contributed by atoms with Crippen molar-refractivity contribution in [1.29, 1.82) is 0 Å². The molecule has 1 aromatic rings. The van der Waals surface area contributed by atoms with Gasteiger partial charge in [0.2, 0.25) is 5.54 Å². The number of nitrogens with zero attached hydrogens (tertiary/aromatic N) is 1. The van der Waals surface area contributed by atoms with Gasteiger partial charge in [-0.1, -0.05) is 30.3 Å². The molecule has 0 saturated carbocycles. The second-order valence-electron chi connectivity index (χ2n) is 5.39. The molecule has 1 aromatic carbocycles. The zero-order chi connectivity index (χ0) is 16.0. The third-order valence-electron chi connectivity index (χ3n) is 3.42. The summed E-state index contributed by atoms with van der Waals surface area (Å²) in [6, 6.07) is 8.22. The smallest absolute Gasteiger partial charge is 0.330 e. The van der Waals surface area contributed by atoms with Gasteiger partial charge in [-0.05, 0) is 19.4 Å². The molecule has 0 aromatic heterocycles. The molecule has 0 heterocycles.